The number of aryl methyl sites for hydroxylation is 1. The van der Waals surface area contributed by atoms with Crippen LogP contribution in [0.4, 0.5) is 0 Å². The molecule has 0 saturated carbocycles. The van der Waals surface area contributed by atoms with Crippen molar-refractivity contribution < 1.29 is 38.8 Å². The molecule has 0 aliphatic heterocycles. The number of hydrogen-bond donors (Lipinski definition) is 1. The zero-order valence-corrected chi connectivity index (χ0v) is 33.5. The first-order valence-corrected chi connectivity index (χ1v) is 17.4. The van der Waals surface area contributed by atoms with Crippen LogP contribution in [0.3, 0.4) is 0 Å². The molecular weight excluding hydrogens is 799 g/mol. The zero-order chi connectivity index (χ0) is 35.7. The summed E-state index contributed by atoms with van der Waals surface area (Å²) in [5.74, 6) is 1.05. The van der Waals surface area contributed by atoms with E-state index in [2.05, 4.69) is 76.2 Å². The second-order valence-electron chi connectivity index (χ2n) is 15.1. The maximum Gasteiger partial charge on any atom is 0.164 e. The van der Waals surface area contributed by atoms with Gasteiger partial charge in [0.25, 0.3) is 0 Å². The van der Waals surface area contributed by atoms with Crippen molar-refractivity contribution in [3.05, 3.63) is 102 Å². The SMILES string of the molecule is CCC(C)(CC)C(=O)/C=C(\O)C(C)(C)CC.Cc1coc2cccc(-c3cc4ccnc(-c5[c-]c6ccccc6c(C(C)(C)C)c5)c4o3)c12.[Ir]. The molecule has 0 fully saturated rings. The molecule has 50 heavy (non-hydrogen) atoms. The Balaban J connectivity index is 0.000000284. The minimum atomic E-state index is -0.336. The first-order chi connectivity index (χ1) is 23.1. The van der Waals surface area contributed by atoms with Crippen LogP contribution in [0.15, 0.2) is 93.8 Å². The van der Waals surface area contributed by atoms with Crippen molar-refractivity contribution in [2.45, 2.75) is 93.9 Å². The van der Waals surface area contributed by atoms with Crippen molar-refractivity contribution in [1.82, 2.24) is 4.98 Å². The molecule has 1 radical (unpaired) electrons. The number of rotatable bonds is 8. The molecule has 3 aromatic carbocycles. The Morgan fingerprint density at radius 1 is 0.920 bits per heavy atom. The number of hydrogen-bond acceptors (Lipinski definition) is 5. The van der Waals surface area contributed by atoms with Gasteiger partial charge >= 0.3 is 0 Å². The number of pyridine rings is 1. The van der Waals surface area contributed by atoms with E-state index in [9.17, 15) is 9.90 Å². The molecule has 0 bridgehead atoms. The third kappa shape index (κ3) is 7.67. The van der Waals surface area contributed by atoms with Crippen LogP contribution in [0.5, 0.6) is 0 Å². The Bertz CT molecular complexity index is 2150. The fraction of sp³-hybridized carbons (Fsp3) is 0.364. The van der Waals surface area contributed by atoms with Crippen LogP contribution < -0.4 is 0 Å². The zero-order valence-electron chi connectivity index (χ0n) is 31.1. The van der Waals surface area contributed by atoms with Crippen LogP contribution in [0.2, 0.25) is 0 Å². The van der Waals surface area contributed by atoms with Crippen LogP contribution in [-0.4, -0.2) is 15.9 Å². The fourth-order valence-electron chi connectivity index (χ4n) is 5.99. The molecule has 0 aliphatic carbocycles. The van der Waals surface area contributed by atoms with Crippen LogP contribution in [-0.2, 0) is 30.3 Å². The van der Waals surface area contributed by atoms with Gasteiger partial charge < -0.3 is 13.9 Å². The van der Waals surface area contributed by atoms with Gasteiger partial charge in [0.2, 0.25) is 0 Å². The largest absolute Gasteiger partial charge is 0.512 e. The molecule has 6 rings (SSSR count). The van der Waals surface area contributed by atoms with E-state index in [1.165, 1.54) is 17.0 Å². The fourth-order valence-corrected chi connectivity index (χ4v) is 5.99. The summed E-state index contributed by atoms with van der Waals surface area (Å²) in [5, 5.41) is 14.4. The molecule has 0 atom stereocenters. The van der Waals surface area contributed by atoms with Gasteiger partial charge in [0.05, 0.1) is 6.26 Å². The van der Waals surface area contributed by atoms with E-state index in [1.54, 1.807) is 6.26 Å². The minimum Gasteiger partial charge on any atom is -0.512 e. The van der Waals surface area contributed by atoms with E-state index in [1.807, 2.05) is 65.9 Å². The molecule has 0 amide bonds. The summed E-state index contributed by atoms with van der Waals surface area (Å²) in [6, 6.07) is 24.4. The minimum absolute atomic E-state index is 0. The monoisotopic (exact) mass is 849 g/mol. The van der Waals surface area contributed by atoms with Crippen molar-refractivity contribution in [3.8, 4) is 22.6 Å². The molecule has 1 N–H and O–H groups in total. The van der Waals surface area contributed by atoms with Gasteiger partial charge in [-0.3, -0.25) is 9.78 Å². The third-order valence-electron chi connectivity index (χ3n) is 10.3. The Morgan fingerprint density at radius 2 is 1.62 bits per heavy atom. The number of allylic oxidation sites excluding steroid dienone is 2. The van der Waals surface area contributed by atoms with Crippen molar-refractivity contribution in [2.24, 2.45) is 10.8 Å². The Kier molecular flexibility index (Phi) is 11.7. The van der Waals surface area contributed by atoms with Crippen molar-refractivity contribution in [1.29, 1.82) is 0 Å². The summed E-state index contributed by atoms with van der Waals surface area (Å²) in [6.07, 6.45) is 7.49. The van der Waals surface area contributed by atoms with Gasteiger partial charge in [-0.25, -0.2) is 0 Å². The third-order valence-corrected chi connectivity index (χ3v) is 10.3. The van der Waals surface area contributed by atoms with Crippen LogP contribution in [0.25, 0.3) is 55.3 Å². The van der Waals surface area contributed by atoms with E-state index in [-0.39, 0.29) is 47.9 Å². The van der Waals surface area contributed by atoms with E-state index in [0.29, 0.717) is 0 Å². The standard InChI is InChI=1S/C30H24NO2.C14H26O2.Ir/c1-18-17-32-25-11-7-10-23(27(18)25)26-16-20-12-13-31-28(29(20)33-26)21-14-19-8-5-6-9-22(19)24(15-21)30(2,3)4;1-7-13(4,5)11(15)10-12(16)14(6,8-2)9-3;/h5-13,15-17H,1-4H3;10,15H,7-9H2,1-6H3;/q-1;;/b;11-10-;. The number of aliphatic hydroxyl groups excluding tert-OH is 1. The molecule has 6 heteroatoms. The molecule has 0 aliphatic rings. The van der Waals surface area contributed by atoms with Gasteiger partial charge in [0.15, 0.2) is 5.78 Å². The van der Waals surface area contributed by atoms with Crippen molar-refractivity contribution >= 4 is 38.5 Å². The molecule has 3 heterocycles. The first-order valence-electron chi connectivity index (χ1n) is 17.4. The summed E-state index contributed by atoms with van der Waals surface area (Å²) < 4.78 is 12.2. The average Bonchev–Trinajstić information content (AvgIpc) is 3.70. The Morgan fingerprint density at radius 3 is 2.28 bits per heavy atom. The quantitative estimate of drug-likeness (QED) is 0.0938. The number of aliphatic hydroxyl groups is 1. The summed E-state index contributed by atoms with van der Waals surface area (Å²) in [4.78, 5) is 16.8. The van der Waals surface area contributed by atoms with Crippen molar-refractivity contribution in [3.63, 3.8) is 0 Å². The van der Waals surface area contributed by atoms with Gasteiger partial charge in [0, 0.05) is 65.2 Å². The second kappa shape index (κ2) is 15.1. The van der Waals surface area contributed by atoms with Gasteiger partial charge in [-0.1, -0.05) is 104 Å². The second-order valence-corrected chi connectivity index (χ2v) is 15.1. The first kappa shape index (κ1) is 38.8. The number of carbonyl (C=O) groups excluding carboxylic acids is 1. The number of aromatic nitrogens is 1. The molecule has 0 saturated heterocycles. The summed E-state index contributed by atoms with van der Waals surface area (Å²) >= 11 is 0. The van der Waals surface area contributed by atoms with Crippen molar-refractivity contribution in [2.75, 3.05) is 0 Å². The predicted molar refractivity (Wildman–Crippen MR) is 203 cm³/mol. The normalized spacial score (nSPS) is 12.6. The number of carbonyl (C=O) groups is 1. The predicted octanol–water partition coefficient (Wildman–Crippen LogP) is 12.7. The van der Waals surface area contributed by atoms with Gasteiger partial charge in [-0.2, -0.15) is 0 Å². The summed E-state index contributed by atoms with van der Waals surface area (Å²) in [7, 11) is 0. The Labute approximate surface area is 310 Å². The summed E-state index contributed by atoms with van der Waals surface area (Å²) in [5.41, 5.74) is 6.13. The van der Waals surface area contributed by atoms with Crippen LogP contribution in [0.1, 0.15) is 92.7 Å². The smallest absolute Gasteiger partial charge is 0.164 e. The van der Waals surface area contributed by atoms with Crippen LogP contribution >= 0.6 is 0 Å². The maximum atomic E-state index is 12.1. The van der Waals surface area contributed by atoms with E-state index >= 15 is 0 Å². The topological polar surface area (TPSA) is 76.5 Å². The number of ketones is 1. The molecule has 6 aromatic rings. The van der Waals surface area contributed by atoms with Crippen LogP contribution in [0, 0.1) is 23.8 Å². The molecule has 0 unspecified atom stereocenters. The molecule has 3 aromatic heterocycles. The average molecular weight is 849 g/mol. The molecule has 265 valence electrons. The van der Waals surface area contributed by atoms with E-state index in [0.717, 1.165) is 74.7 Å². The number of furan rings is 2. The number of benzene rings is 3. The summed E-state index contributed by atoms with van der Waals surface area (Å²) in [6.45, 7) is 20.7. The molecule has 5 nitrogen and oxygen atoms in total. The van der Waals surface area contributed by atoms with E-state index < -0.39 is 0 Å². The molecular formula is C44H50IrNO4-. The Hall–Kier alpha value is -3.99. The van der Waals surface area contributed by atoms with Gasteiger partial charge in [0.1, 0.15) is 22.7 Å². The van der Waals surface area contributed by atoms with Gasteiger partial charge in [-0.05, 0) is 55.4 Å². The number of fused-ring (bicyclic) bond motifs is 3. The maximum absolute atomic E-state index is 12.1. The van der Waals surface area contributed by atoms with E-state index in [4.69, 9.17) is 13.8 Å². The number of nitrogens with zero attached hydrogens (tertiary/aromatic N) is 1. The van der Waals surface area contributed by atoms with Gasteiger partial charge in [-0.15, -0.1) is 29.1 Å². The molecule has 0 spiro atoms.